The molecule has 0 saturated carbocycles. The topological polar surface area (TPSA) is 38.2 Å². The van der Waals surface area contributed by atoms with Crippen LogP contribution in [-0.2, 0) is 4.74 Å². The smallest absolute Gasteiger partial charge is 0.140 e. The molecule has 0 bridgehead atoms. The standard InChI is InChI=1S/C17H17N3OS/c1-12-4-2-5-13-16(12)17(19-11-18-13)20-7-8-21-14(10-20)15-6-3-9-22-15/h2-6,9,11,14H,7-8,10H2,1H3. The Kier molecular flexibility index (Phi) is 3.52. The van der Waals surface area contributed by atoms with Crippen LogP contribution < -0.4 is 4.90 Å². The van der Waals surface area contributed by atoms with Crippen LogP contribution >= 0.6 is 11.3 Å². The molecule has 3 aromatic rings. The lowest BCUT2D eigenvalue weighted by atomic mass is 10.1. The van der Waals surface area contributed by atoms with Gasteiger partial charge in [-0.05, 0) is 30.0 Å². The van der Waals surface area contributed by atoms with Gasteiger partial charge in [0.05, 0.1) is 18.7 Å². The van der Waals surface area contributed by atoms with Crippen LogP contribution in [0.4, 0.5) is 5.82 Å². The number of morpholine rings is 1. The first kappa shape index (κ1) is 13.7. The molecule has 0 aliphatic carbocycles. The van der Waals surface area contributed by atoms with Crippen LogP contribution in [-0.4, -0.2) is 29.7 Å². The van der Waals surface area contributed by atoms with E-state index in [0.717, 1.165) is 36.4 Å². The summed E-state index contributed by atoms with van der Waals surface area (Å²) >= 11 is 1.75. The Morgan fingerprint density at radius 1 is 1.23 bits per heavy atom. The van der Waals surface area contributed by atoms with Gasteiger partial charge < -0.3 is 9.64 Å². The highest BCUT2D eigenvalue weighted by atomic mass is 32.1. The number of ether oxygens (including phenoxy) is 1. The highest BCUT2D eigenvalue weighted by Gasteiger charge is 2.25. The monoisotopic (exact) mass is 311 g/mol. The van der Waals surface area contributed by atoms with Gasteiger partial charge in [-0.2, -0.15) is 0 Å². The summed E-state index contributed by atoms with van der Waals surface area (Å²) < 4.78 is 5.94. The SMILES string of the molecule is Cc1cccc2ncnc(N3CCOC(c4cccs4)C3)c12. The highest BCUT2D eigenvalue weighted by molar-refractivity contribution is 7.10. The zero-order valence-electron chi connectivity index (χ0n) is 12.4. The zero-order valence-corrected chi connectivity index (χ0v) is 13.2. The van der Waals surface area contributed by atoms with Gasteiger partial charge in [-0.25, -0.2) is 9.97 Å². The molecule has 5 heteroatoms. The first-order chi connectivity index (χ1) is 10.8. The van der Waals surface area contributed by atoms with Crippen LogP contribution in [0, 0.1) is 6.92 Å². The summed E-state index contributed by atoms with van der Waals surface area (Å²) in [5.74, 6) is 1.02. The van der Waals surface area contributed by atoms with Gasteiger partial charge in [-0.15, -0.1) is 11.3 Å². The average molecular weight is 311 g/mol. The minimum atomic E-state index is 0.128. The molecule has 0 N–H and O–H groups in total. The van der Waals surface area contributed by atoms with Gasteiger partial charge in [0.1, 0.15) is 18.2 Å². The maximum Gasteiger partial charge on any atom is 0.140 e. The predicted molar refractivity (Wildman–Crippen MR) is 89.5 cm³/mol. The molecule has 0 amide bonds. The molecule has 1 fully saturated rings. The third kappa shape index (κ3) is 2.36. The van der Waals surface area contributed by atoms with E-state index in [0.29, 0.717) is 0 Å². The number of nitrogens with zero attached hydrogens (tertiary/aromatic N) is 3. The molecule has 1 aliphatic rings. The molecule has 112 valence electrons. The highest BCUT2D eigenvalue weighted by Crippen LogP contribution is 2.31. The molecular formula is C17H17N3OS. The Hall–Kier alpha value is -1.98. The molecule has 2 aromatic heterocycles. The van der Waals surface area contributed by atoms with E-state index in [1.54, 1.807) is 17.7 Å². The summed E-state index contributed by atoms with van der Waals surface area (Å²) in [6.07, 6.45) is 1.79. The average Bonchev–Trinajstić information content (AvgIpc) is 3.09. The van der Waals surface area contributed by atoms with Crippen molar-refractivity contribution in [1.29, 1.82) is 0 Å². The third-order valence-electron chi connectivity index (χ3n) is 4.08. The van der Waals surface area contributed by atoms with Gasteiger partial charge in [0, 0.05) is 16.8 Å². The molecule has 1 unspecified atom stereocenters. The fourth-order valence-corrected chi connectivity index (χ4v) is 3.75. The number of aromatic nitrogens is 2. The van der Waals surface area contributed by atoms with Crippen LogP contribution in [0.3, 0.4) is 0 Å². The lowest BCUT2D eigenvalue weighted by molar-refractivity contribution is 0.0419. The van der Waals surface area contributed by atoms with Crippen molar-refractivity contribution in [2.24, 2.45) is 0 Å². The van der Waals surface area contributed by atoms with Gasteiger partial charge >= 0.3 is 0 Å². The van der Waals surface area contributed by atoms with E-state index in [1.165, 1.54) is 10.4 Å². The number of hydrogen-bond acceptors (Lipinski definition) is 5. The van der Waals surface area contributed by atoms with Crippen molar-refractivity contribution >= 4 is 28.1 Å². The Morgan fingerprint density at radius 2 is 2.18 bits per heavy atom. The number of fused-ring (bicyclic) bond motifs is 1. The number of thiophene rings is 1. The van der Waals surface area contributed by atoms with Crippen LogP contribution in [0.15, 0.2) is 42.0 Å². The second-order valence-corrected chi connectivity index (χ2v) is 6.47. The summed E-state index contributed by atoms with van der Waals surface area (Å²) in [5, 5.41) is 3.25. The van der Waals surface area contributed by atoms with E-state index < -0.39 is 0 Å². The first-order valence-electron chi connectivity index (χ1n) is 7.43. The van der Waals surface area contributed by atoms with E-state index >= 15 is 0 Å². The van der Waals surface area contributed by atoms with Crippen molar-refractivity contribution in [2.75, 3.05) is 24.6 Å². The second-order valence-electron chi connectivity index (χ2n) is 5.49. The molecular weight excluding hydrogens is 294 g/mol. The van der Waals surface area contributed by atoms with Crippen LogP contribution in [0.1, 0.15) is 16.5 Å². The van der Waals surface area contributed by atoms with E-state index in [2.05, 4.69) is 45.4 Å². The lowest BCUT2D eigenvalue weighted by Gasteiger charge is -2.34. The molecule has 1 aliphatic heterocycles. The fourth-order valence-electron chi connectivity index (χ4n) is 2.99. The number of hydrogen-bond donors (Lipinski definition) is 0. The van der Waals surface area contributed by atoms with Crippen LogP contribution in [0.5, 0.6) is 0 Å². The van der Waals surface area contributed by atoms with E-state index in [9.17, 15) is 0 Å². The van der Waals surface area contributed by atoms with E-state index in [1.807, 2.05) is 12.1 Å². The molecule has 4 nitrogen and oxygen atoms in total. The second kappa shape index (κ2) is 5.66. The van der Waals surface area contributed by atoms with Crippen molar-refractivity contribution < 1.29 is 4.74 Å². The predicted octanol–water partition coefficient (Wildman–Crippen LogP) is 3.58. The Balaban J connectivity index is 1.72. The molecule has 22 heavy (non-hydrogen) atoms. The lowest BCUT2D eigenvalue weighted by Crippen LogP contribution is -2.38. The molecule has 1 saturated heterocycles. The normalized spacial score (nSPS) is 18.8. The van der Waals surface area contributed by atoms with Gasteiger partial charge in [0.2, 0.25) is 0 Å². The van der Waals surface area contributed by atoms with Gasteiger partial charge in [-0.3, -0.25) is 0 Å². The maximum atomic E-state index is 5.94. The summed E-state index contributed by atoms with van der Waals surface area (Å²) in [6, 6.07) is 10.4. The van der Waals surface area contributed by atoms with Gasteiger partial charge in [0.25, 0.3) is 0 Å². The molecule has 1 atom stereocenters. The molecule has 3 heterocycles. The maximum absolute atomic E-state index is 5.94. The van der Waals surface area contributed by atoms with Gasteiger partial charge in [0.15, 0.2) is 0 Å². The number of rotatable bonds is 2. The molecule has 0 spiro atoms. The molecule has 4 rings (SSSR count). The van der Waals surface area contributed by atoms with E-state index in [4.69, 9.17) is 4.74 Å². The van der Waals surface area contributed by atoms with Gasteiger partial charge in [-0.1, -0.05) is 18.2 Å². The van der Waals surface area contributed by atoms with Crippen molar-refractivity contribution in [2.45, 2.75) is 13.0 Å². The summed E-state index contributed by atoms with van der Waals surface area (Å²) in [4.78, 5) is 12.6. The number of aryl methyl sites for hydroxylation is 1. The minimum absolute atomic E-state index is 0.128. The quantitative estimate of drug-likeness (QED) is 0.725. The van der Waals surface area contributed by atoms with Crippen molar-refractivity contribution in [3.63, 3.8) is 0 Å². The van der Waals surface area contributed by atoms with Crippen molar-refractivity contribution in [3.8, 4) is 0 Å². The number of anilines is 1. The number of benzene rings is 1. The fraction of sp³-hybridized carbons (Fsp3) is 0.294. The molecule has 1 aromatic carbocycles. The Labute approximate surface area is 133 Å². The first-order valence-corrected chi connectivity index (χ1v) is 8.31. The summed E-state index contributed by atoms with van der Waals surface area (Å²) in [5.41, 5.74) is 2.22. The van der Waals surface area contributed by atoms with Crippen LogP contribution in [0.2, 0.25) is 0 Å². The van der Waals surface area contributed by atoms with E-state index in [-0.39, 0.29) is 6.10 Å². The largest absolute Gasteiger partial charge is 0.369 e. The van der Waals surface area contributed by atoms with Crippen molar-refractivity contribution in [3.05, 3.63) is 52.5 Å². The van der Waals surface area contributed by atoms with Crippen molar-refractivity contribution in [1.82, 2.24) is 9.97 Å². The summed E-state index contributed by atoms with van der Waals surface area (Å²) in [7, 11) is 0. The van der Waals surface area contributed by atoms with Crippen LogP contribution in [0.25, 0.3) is 10.9 Å². The summed E-state index contributed by atoms with van der Waals surface area (Å²) in [6.45, 7) is 4.54. The third-order valence-corrected chi connectivity index (χ3v) is 5.04. The zero-order chi connectivity index (χ0) is 14.9. The molecule has 0 radical (unpaired) electrons. The Bertz CT molecular complexity index is 782. The minimum Gasteiger partial charge on any atom is -0.369 e. The Morgan fingerprint density at radius 3 is 3.05 bits per heavy atom.